The monoisotopic (exact) mass is 259 g/mol. The molecule has 0 amide bonds. The first kappa shape index (κ1) is 11.7. The lowest BCUT2D eigenvalue weighted by Crippen LogP contribution is -2.00. The summed E-state index contributed by atoms with van der Waals surface area (Å²) in [6.07, 6.45) is 1.00. The van der Waals surface area contributed by atoms with Gasteiger partial charge in [-0.3, -0.25) is 0 Å². The van der Waals surface area contributed by atoms with Crippen molar-refractivity contribution in [3.05, 3.63) is 46.0 Å². The molecule has 4 heteroatoms. The maximum absolute atomic E-state index is 4.51. The normalized spacial score (nSPS) is 13.6. The van der Waals surface area contributed by atoms with Gasteiger partial charge in [-0.1, -0.05) is 25.1 Å². The minimum absolute atomic E-state index is 0.851. The fourth-order valence-corrected chi connectivity index (χ4v) is 2.98. The third kappa shape index (κ3) is 2.40. The molecule has 0 radical (unpaired) electrons. The van der Waals surface area contributed by atoms with Gasteiger partial charge in [0.2, 0.25) is 0 Å². The van der Waals surface area contributed by atoms with Crippen LogP contribution in [0.3, 0.4) is 0 Å². The van der Waals surface area contributed by atoms with E-state index in [1.165, 1.54) is 22.4 Å². The molecule has 0 spiro atoms. The molecule has 0 atom stereocenters. The van der Waals surface area contributed by atoms with Crippen LogP contribution in [0.2, 0.25) is 0 Å². The standard InChI is InChI=1S/C14H17N3S/c1-2-13-9-18-14(17-13)16-6-10-3-4-11-7-15-8-12(11)5-10/h3-5,9,15H,2,6-8H2,1H3,(H,16,17). The van der Waals surface area contributed by atoms with Crippen molar-refractivity contribution >= 4 is 16.5 Å². The molecule has 3 nitrogen and oxygen atoms in total. The molecule has 2 aromatic rings. The van der Waals surface area contributed by atoms with Gasteiger partial charge in [-0.25, -0.2) is 4.98 Å². The number of thiazole rings is 1. The second kappa shape index (κ2) is 5.08. The van der Waals surface area contributed by atoms with Crippen molar-refractivity contribution in [2.45, 2.75) is 33.0 Å². The lowest BCUT2D eigenvalue weighted by molar-refractivity contribution is 0.764. The molecule has 18 heavy (non-hydrogen) atoms. The number of fused-ring (bicyclic) bond motifs is 1. The minimum Gasteiger partial charge on any atom is -0.357 e. The van der Waals surface area contributed by atoms with E-state index in [0.717, 1.165) is 31.2 Å². The summed E-state index contributed by atoms with van der Waals surface area (Å²) < 4.78 is 0. The van der Waals surface area contributed by atoms with Crippen LogP contribution in [0.25, 0.3) is 0 Å². The first-order valence-corrected chi connectivity index (χ1v) is 7.23. The first-order chi connectivity index (χ1) is 8.85. The van der Waals surface area contributed by atoms with E-state index >= 15 is 0 Å². The van der Waals surface area contributed by atoms with Gasteiger partial charge in [0, 0.05) is 25.0 Å². The third-order valence-corrected chi connectivity index (χ3v) is 4.11. The largest absolute Gasteiger partial charge is 0.357 e. The van der Waals surface area contributed by atoms with Crippen molar-refractivity contribution in [2.24, 2.45) is 0 Å². The van der Waals surface area contributed by atoms with Crippen LogP contribution in [0.4, 0.5) is 5.13 Å². The van der Waals surface area contributed by atoms with Gasteiger partial charge < -0.3 is 10.6 Å². The summed E-state index contributed by atoms with van der Waals surface area (Å²) in [4.78, 5) is 4.51. The van der Waals surface area contributed by atoms with Crippen molar-refractivity contribution in [1.82, 2.24) is 10.3 Å². The second-order valence-corrected chi connectivity index (χ2v) is 5.42. The second-order valence-electron chi connectivity index (χ2n) is 4.56. The van der Waals surface area contributed by atoms with Crippen molar-refractivity contribution in [1.29, 1.82) is 0 Å². The summed E-state index contributed by atoms with van der Waals surface area (Å²) in [5.74, 6) is 0. The number of aryl methyl sites for hydroxylation is 1. The van der Waals surface area contributed by atoms with Crippen LogP contribution < -0.4 is 10.6 Å². The zero-order valence-electron chi connectivity index (χ0n) is 10.5. The van der Waals surface area contributed by atoms with E-state index in [2.05, 4.69) is 46.1 Å². The maximum Gasteiger partial charge on any atom is 0.183 e. The van der Waals surface area contributed by atoms with Crippen molar-refractivity contribution in [3.63, 3.8) is 0 Å². The van der Waals surface area contributed by atoms with Gasteiger partial charge in [-0.2, -0.15) is 0 Å². The van der Waals surface area contributed by atoms with Gasteiger partial charge >= 0.3 is 0 Å². The lowest BCUT2D eigenvalue weighted by atomic mass is 10.1. The van der Waals surface area contributed by atoms with Crippen LogP contribution in [-0.2, 0) is 26.1 Å². The van der Waals surface area contributed by atoms with Gasteiger partial charge in [0.1, 0.15) is 0 Å². The molecule has 1 aliphatic rings. The Morgan fingerprint density at radius 1 is 1.33 bits per heavy atom. The highest BCUT2D eigenvalue weighted by molar-refractivity contribution is 7.13. The minimum atomic E-state index is 0.851. The van der Waals surface area contributed by atoms with E-state index in [9.17, 15) is 0 Å². The molecule has 0 unspecified atom stereocenters. The highest BCUT2D eigenvalue weighted by atomic mass is 32.1. The Kier molecular flexibility index (Phi) is 3.30. The number of hydrogen-bond donors (Lipinski definition) is 2. The van der Waals surface area contributed by atoms with Gasteiger partial charge in [-0.15, -0.1) is 11.3 Å². The van der Waals surface area contributed by atoms with Gasteiger partial charge in [-0.05, 0) is 23.1 Å². The van der Waals surface area contributed by atoms with E-state index in [0.29, 0.717) is 0 Å². The number of hydrogen-bond acceptors (Lipinski definition) is 4. The lowest BCUT2D eigenvalue weighted by Gasteiger charge is -2.05. The molecule has 0 aliphatic carbocycles. The zero-order valence-corrected chi connectivity index (χ0v) is 11.3. The molecule has 0 bridgehead atoms. The molecular weight excluding hydrogens is 242 g/mol. The molecule has 0 fully saturated rings. The molecular formula is C14H17N3S. The number of aromatic nitrogens is 1. The summed E-state index contributed by atoms with van der Waals surface area (Å²) in [7, 11) is 0. The predicted octanol–water partition coefficient (Wildman–Crippen LogP) is 2.92. The highest BCUT2D eigenvalue weighted by Gasteiger charge is 2.09. The van der Waals surface area contributed by atoms with Gasteiger partial charge in [0.05, 0.1) is 5.69 Å². The van der Waals surface area contributed by atoms with E-state index in [4.69, 9.17) is 0 Å². The Morgan fingerprint density at radius 3 is 3.06 bits per heavy atom. The Morgan fingerprint density at radius 2 is 2.22 bits per heavy atom. The van der Waals surface area contributed by atoms with E-state index in [-0.39, 0.29) is 0 Å². The summed E-state index contributed by atoms with van der Waals surface area (Å²) in [5, 5.41) is 9.90. The highest BCUT2D eigenvalue weighted by Crippen LogP contribution is 2.19. The van der Waals surface area contributed by atoms with Crippen LogP contribution in [0.1, 0.15) is 29.3 Å². The summed E-state index contributed by atoms with van der Waals surface area (Å²) >= 11 is 1.68. The Hall–Kier alpha value is -1.39. The van der Waals surface area contributed by atoms with E-state index in [1.54, 1.807) is 11.3 Å². The van der Waals surface area contributed by atoms with E-state index < -0.39 is 0 Å². The molecule has 3 rings (SSSR count). The van der Waals surface area contributed by atoms with Gasteiger partial charge in [0.25, 0.3) is 0 Å². The molecule has 1 aromatic carbocycles. The van der Waals surface area contributed by atoms with Gasteiger partial charge in [0.15, 0.2) is 5.13 Å². The van der Waals surface area contributed by atoms with Crippen LogP contribution in [0, 0.1) is 0 Å². The average molecular weight is 259 g/mol. The SMILES string of the molecule is CCc1csc(NCc2ccc3c(c2)CNC3)n1. The number of benzene rings is 1. The average Bonchev–Trinajstić information content (AvgIpc) is 3.04. The Labute approximate surface area is 111 Å². The van der Waals surface area contributed by atoms with Crippen molar-refractivity contribution in [3.8, 4) is 0 Å². The van der Waals surface area contributed by atoms with E-state index in [1.807, 2.05) is 0 Å². The molecule has 1 aromatic heterocycles. The third-order valence-electron chi connectivity index (χ3n) is 3.26. The summed E-state index contributed by atoms with van der Waals surface area (Å²) in [6.45, 7) is 4.99. The molecule has 1 aliphatic heterocycles. The predicted molar refractivity (Wildman–Crippen MR) is 75.8 cm³/mol. The number of anilines is 1. The topological polar surface area (TPSA) is 37.0 Å². The van der Waals surface area contributed by atoms with Crippen molar-refractivity contribution in [2.75, 3.05) is 5.32 Å². The van der Waals surface area contributed by atoms with Crippen molar-refractivity contribution < 1.29 is 0 Å². The quantitative estimate of drug-likeness (QED) is 0.886. The van der Waals surface area contributed by atoms with Crippen LogP contribution in [0.15, 0.2) is 23.6 Å². The molecule has 2 N–H and O–H groups in total. The fourth-order valence-electron chi connectivity index (χ4n) is 2.19. The smallest absolute Gasteiger partial charge is 0.183 e. The number of nitrogens with zero attached hydrogens (tertiary/aromatic N) is 1. The molecule has 0 saturated carbocycles. The Balaban J connectivity index is 1.66. The molecule has 2 heterocycles. The fraction of sp³-hybridized carbons (Fsp3) is 0.357. The zero-order chi connectivity index (χ0) is 12.4. The maximum atomic E-state index is 4.51. The Bertz CT molecular complexity index is 548. The number of nitrogens with one attached hydrogen (secondary N) is 2. The summed E-state index contributed by atoms with van der Waals surface area (Å²) in [6, 6.07) is 6.72. The van der Waals surface area contributed by atoms with Crippen LogP contribution >= 0.6 is 11.3 Å². The molecule has 0 saturated heterocycles. The van der Waals surface area contributed by atoms with Crippen LogP contribution in [-0.4, -0.2) is 4.98 Å². The van der Waals surface area contributed by atoms with Crippen LogP contribution in [0.5, 0.6) is 0 Å². The molecule has 94 valence electrons. The number of rotatable bonds is 4. The first-order valence-electron chi connectivity index (χ1n) is 6.35. The summed E-state index contributed by atoms with van der Waals surface area (Å²) in [5.41, 5.74) is 5.36.